The monoisotopic (exact) mass is 546 g/mol. The zero-order valence-corrected chi connectivity index (χ0v) is 22.5. The minimum absolute atomic E-state index is 0.150. The summed E-state index contributed by atoms with van der Waals surface area (Å²) in [5.74, 6) is -0.578. The van der Waals surface area contributed by atoms with Gasteiger partial charge < -0.3 is 10.6 Å². The summed E-state index contributed by atoms with van der Waals surface area (Å²) in [4.78, 5) is 53.3. The number of aryl methyl sites for hydroxylation is 2. The molecule has 3 aromatic rings. The van der Waals surface area contributed by atoms with Gasteiger partial charge in [-0.1, -0.05) is 48.5 Å². The molecular formula is C28H26N4O4S2. The van der Waals surface area contributed by atoms with Gasteiger partial charge >= 0.3 is 0 Å². The minimum atomic E-state index is -0.672. The van der Waals surface area contributed by atoms with Gasteiger partial charge in [-0.2, -0.15) is 0 Å². The molecule has 3 aromatic carbocycles. The molecule has 5 rings (SSSR count). The highest BCUT2D eigenvalue weighted by molar-refractivity contribution is 8.15. The second kappa shape index (κ2) is 10.9. The summed E-state index contributed by atoms with van der Waals surface area (Å²) in [7, 11) is 0. The van der Waals surface area contributed by atoms with Crippen molar-refractivity contribution in [3.63, 3.8) is 0 Å². The maximum Gasteiger partial charge on any atom is 0.291 e. The van der Waals surface area contributed by atoms with E-state index in [1.54, 1.807) is 0 Å². The molecule has 2 aliphatic heterocycles. The third-order valence-electron chi connectivity index (χ3n) is 6.19. The summed E-state index contributed by atoms with van der Waals surface area (Å²) >= 11 is 1.93. The fraction of sp³-hybridized carbons (Fsp3) is 0.214. The lowest BCUT2D eigenvalue weighted by molar-refractivity contribution is -0.127. The molecule has 2 fully saturated rings. The van der Waals surface area contributed by atoms with E-state index in [-0.39, 0.29) is 35.4 Å². The van der Waals surface area contributed by atoms with E-state index in [4.69, 9.17) is 0 Å². The number of carbonyl (C=O) groups is 4. The zero-order chi connectivity index (χ0) is 26.8. The predicted octanol–water partition coefficient (Wildman–Crippen LogP) is 5.57. The van der Waals surface area contributed by atoms with Crippen molar-refractivity contribution in [2.24, 2.45) is 0 Å². The predicted molar refractivity (Wildman–Crippen MR) is 151 cm³/mol. The molecule has 0 bridgehead atoms. The maximum atomic E-state index is 12.9. The third kappa shape index (κ3) is 5.71. The summed E-state index contributed by atoms with van der Waals surface area (Å²) in [5.41, 5.74) is 5.25. The summed E-state index contributed by atoms with van der Waals surface area (Å²) < 4.78 is 0. The van der Waals surface area contributed by atoms with Crippen LogP contribution in [0.5, 0.6) is 0 Å². The molecule has 38 heavy (non-hydrogen) atoms. The maximum absolute atomic E-state index is 12.9. The van der Waals surface area contributed by atoms with Gasteiger partial charge in [0, 0.05) is 11.4 Å². The second-order valence-electron chi connectivity index (χ2n) is 9.22. The molecule has 0 radical (unpaired) electrons. The van der Waals surface area contributed by atoms with Crippen LogP contribution in [0.3, 0.4) is 0 Å². The Bertz CT molecular complexity index is 1310. The number of rotatable bonds is 8. The van der Waals surface area contributed by atoms with Crippen LogP contribution < -0.4 is 10.6 Å². The average molecular weight is 547 g/mol. The molecule has 2 saturated heterocycles. The number of amides is 4. The van der Waals surface area contributed by atoms with Crippen LogP contribution in [-0.4, -0.2) is 42.8 Å². The van der Waals surface area contributed by atoms with E-state index in [1.165, 1.54) is 9.80 Å². The third-order valence-corrected chi connectivity index (χ3v) is 8.15. The van der Waals surface area contributed by atoms with E-state index in [0.717, 1.165) is 57.2 Å². The van der Waals surface area contributed by atoms with Crippen molar-refractivity contribution in [3.8, 4) is 0 Å². The Hall–Kier alpha value is -3.76. The van der Waals surface area contributed by atoms with Crippen molar-refractivity contribution < 1.29 is 19.2 Å². The standard InChI is InChI=1S/C28H26N4O4S2/c1-17-5-3-7-21(13-17)29-23-25(33)31(27(35)37-23)15-19-9-11-20(12-10-19)16-32-26(34)24(38-28(32)36)30-22-8-4-6-18(2)14-22/h3-14,23-24,29-30H,15-16H2,1-2H3/t23-,24+. The Morgan fingerprint density at radius 3 is 1.39 bits per heavy atom. The number of anilines is 2. The Balaban J connectivity index is 1.18. The SMILES string of the molecule is Cc1cccc(N[C@@H]2SC(=O)N(Cc3ccc(CN4C(=O)S[C@H](Nc5cccc(C)c5)C4=O)cc3)C2=O)c1. The van der Waals surface area contributed by atoms with Crippen LogP contribution in [0.1, 0.15) is 22.3 Å². The molecule has 2 heterocycles. The largest absolute Gasteiger partial charge is 0.365 e. The number of nitrogens with zero attached hydrogens (tertiary/aromatic N) is 2. The number of carbonyl (C=O) groups excluding carboxylic acids is 4. The molecule has 2 N–H and O–H groups in total. The van der Waals surface area contributed by atoms with Crippen LogP contribution in [0.15, 0.2) is 72.8 Å². The smallest absolute Gasteiger partial charge is 0.291 e. The first-order valence-electron chi connectivity index (χ1n) is 12.0. The van der Waals surface area contributed by atoms with Crippen molar-refractivity contribution in [1.82, 2.24) is 9.80 Å². The quantitative estimate of drug-likeness (QED) is 0.378. The van der Waals surface area contributed by atoms with Gasteiger partial charge in [-0.15, -0.1) is 0 Å². The van der Waals surface area contributed by atoms with Crippen molar-refractivity contribution in [2.75, 3.05) is 10.6 Å². The molecule has 10 heteroatoms. The summed E-state index contributed by atoms with van der Waals surface area (Å²) in [5, 5.41) is 4.31. The van der Waals surface area contributed by atoms with Crippen LogP contribution >= 0.6 is 23.5 Å². The van der Waals surface area contributed by atoms with Crippen LogP contribution in [0, 0.1) is 13.8 Å². The van der Waals surface area contributed by atoms with Crippen LogP contribution in [-0.2, 0) is 22.7 Å². The fourth-order valence-corrected chi connectivity index (χ4v) is 6.06. The van der Waals surface area contributed by atoms with E-state index < -0.39 is 10.7 Å². The van der Waals surface area contributed by atoms with Crippen molar-refractivity contribution in [3.05, 3.63) is 95.1 Å². The molecule has 2 atom stereocenters. The van der Waals surface area contributed by atoms with Gasteiger partial charge in [0.15, 0.2) is 10.7 Å². The first-order valence-corrected chi connectivity index (χ1v) is 13.8. The van der Waals surface area contributed by atoms with Crippen molar-refractivity contribution in [2.45, 2.75) is 37.7 Å². The van der Waals surface area contributed by atoms with Gasteiger partial charge in [-0.05, 0) is 83.9 Å². The summed E-state index contributed by atoms with van der Waals surface area (Å²) in [6.45, 7) is 4.23. The number of hydrogen-bond acceptors (Lipinski definition) is 8. The van der Waals surface area contributed by atoms with Crippen molar-refractivity contribution in [1.29, 1.82) is 0 Å². The van der Waals surface area contributed by atoms with Gasteiger partial charge in [0.05, 0.1) is 13.1 Å². The lowest BCUT2D eigenvalue weighted by Gasteiger charge is -2.17. The number of thioether (sulfide) groups is 2. The molecule has 0 unspecified atom stereocenters. The fourth-order valence-electron chi connectivity index (χ4n) is 4.25. The Labute approximate surface area is 229 Å². The van der Waals surface area contributed by atoms with Gasteiger partial charge in [-0.25, -0.2) is 0 Å². The van der Waals surface area contributed by atoms with E-state index >= 15 is 0 Å². The molecule has 0 saturated carbocycles. The minimum Gasteiger partial charge on any atom is -0.365 e. The first kappa shape index (κ1) is 25.9. The van der Waals surface area contributed by atoms with Gasteiger partial charge in [0.2, 0.25) is 0 Å². The normalized spacial score (nSPS) is 19.4. The van der Waals surface area contributed by atoms with Crippen LogP contribution in [0.2, 0.25) is 0 Å². The molecule has 194 valence electrons. The van der Waals surface area contributed by atoms with Crippen LogP contribution in [0.25, 0.3) is 0 Å². The number of benzene rings is 3. The Morgan fingerprint density at radius 2 is 1.03 bits per heavy atom. The van der Waals surface area contributed by atoms with Gasteiger partial charge in [0.1, 0.15) is 0 Å². The molecular weight excluding hydrogens is 520 g/mol. The number of nitrogens with one attached hydrogen (secondary N) is 2. The lowest BCUT2D eigenvalue weighted by Crippen LogP contribution is -2.34. The topological polar surface area (TPSA) is 98.8 Å². The van der Waals surface area contributed by atoms with Gasteiger partial charge in [0.25, 0.3) is 22.3 Å². The van der Waals surface area contributed by atoms with E-state index in [2.05, 4.69) is 10.6 Å². The molecule has 0 aromatic heterocycles. The molecule has 2 aliphatic rings. The molecule has 0 aliphatic carbocycles. The highest BCUT2D eigenvalue weighted by atomic mass is 32.2. The number of imide groups is 2. The highest BCUT2D eigenvalue weighted by Gasteiger charge is 2.41. The lowest BCUT2D eigenvalue weighted by atomic mass is 10.1. The van der Waals surface area contributed by atoms with Gasteiger partial charge in [-0.3, -0.25) is 29.0 Å². The van der Waals surface area contributed by atoms with E-state index in [1.807, 2.05) is 86.6 Å². The molecule has 0 spiro atoms. The number of hydrogen-bond donors (Lipinski definition) is 2. The molecule has 4 amide bonds. The summed E-state index contributed by atoms with van der Waals surface area (Å²) in [6, 6.07) is 22.5. The Kier molecular flexibility index (Phi) is 7.44. The second-order valence-corrected chi connectivity index (χ2v) is 11.3. The average Bonchev–Trinajstić information content (AvgIpc) is 3.29. The van der Waals surface area contributed by atoms with Crippen LogP contribution in [0.4, 0.5) is 21.0 Å². The highest BCUT2D eigenvalue weighted by Crippen LogP contribution is 2.31. The zero-order valence-electron chi connectivity index (χ0n) is 20.8. The van der Waals surface area contributed by atoms with Crippen molar-refractivity contribution >= 4 is 57.2 Å². The molecule has 8 nitrogen and oxygen atoms in total. The Morgan fingerprint density at radius 1 is 0.632 bits per heavy atom. The van der Waals surface area contributed by atoms with E-state index in [9.17, 15) is 19.2 Å². The first-order chi connectivity index (χ1) is 18.3. The van der Waals surface area contributed by atoms with E-state index in [0.29, 0.717) is 0 Å². The summed E-state index contributed by atoms with van der Waals surface area (Å²) in [6.07, 6.45) is 0.